The van der Waals surface area contributed by atoms with Gasteiger partial charge in [-0.2, -0.15) is 0 Å². The van der Waals surface area contributed by atoms with Gasteiger partial charge < -0.3 is 14.2 Å². The smallest absolute Gasteiger partial charge is 0.168 e. The predicted molar refractivity (Wildman–Crippen MR) is 77.3 cm³/mol. The van der Waals surface area contributed by atoms with E-state index in [9.17, 15) is 0 Å². The SMILES string of the molecule is COC12CCCC(C)(O1)C(OCc1ccccc1)CC2. The Bertz CT molecular complexity index is 447. The summed E-state index contributed by atoms with van der Waals surface area (Å²) in [5, 5.41) is 0. The molecule has 0 aromatic heterocycles. The zero-order valence-electron chi connectivity index (χ0n) is 12.4. The lowest BCUT2D eigenvalue weighted by Gasteiger charge is -2.53. The summed E-state index contributed by atoms with van der Waals surface area (Å²) in [6.45, 7) is 2.83. The van der Waals surface area contributed by atoms with Crippen LogP contribution in [0, 0.1) is 0 Å². The average molecular weight is 276 g/mol. The summed E-state index contributed by atoms with van der Waals surface area (Å²) in [5.41, 5.74) is 1.01. The quantitative estimate of drug-likeness (QED) is 0.840. The molecule has 0 N–H and O–H groups in total. The highest BCUT2D eigenvalue weighted by Gasteiger charge is 2.52. The Morgan fingerprint density at radius 2 is 2.00 bits per heavy atom. The van der Waals surface area contributed by atoms with Crippen molar-refractivity contribution in [2.45, 2.75) is 63.1 Å². The molecule has 3 nitrogen and oxygen atoms in total. The van der Waals surface area contributed by atoms with Crippen LogP contribution >= 0.6 is 0 Å². The first-order valence-electron chi connectivity index (χ1n) is 7.57. The summed E-state index contributed by atoms with van der Waals surface area (Å²) in [5.74, 6) is -0.362. The van der Waals surface area contributed by atoms with E-state index in [1.165, 1.54) is 5.56 Å². The van der Waals surface area contributed by atoms with Crippen molar-refractivity contribution in [1.29, 1.82) is 0 Å². The van der Waals surface area contributed by atoms with Crippen LogP contribution < -0.4 is 0 Å². The maximum Gasteiger partial charge on any atom is 0.168 e. The zero-order valence-corrected chi connectivity index (χ0v) is 12.4. The van der Waals surface area contributed by atoms with Crippen molar-refractivity contribution in [3.05, 3.63) is 35.9 Å². The van der Waals surface area contributed by atoms with Crippen LogP contribution in [0.2, 0.25) is 0 Å². The van der Waals surface area contributed by atoms with Crippen LogP contribution in [0.1, 0.15) is 44.6 Å². The van der Waals surface area contributed by atoms with Gasteiger partial charge >= 0.3 is 0 Å². The minimum absolute atomic E-state index is 0.159. The van der Waals surface area contributed by atoms with Crippen LogP contribution in [0.5, 0.6) is 0 Å². The minimum atomic E-state index is -0.362. The van der Waals surface area contributed by atoms with Crippen molar-refractivity contribution in [3.63, 3.8) is 0 Å². The van der Waals surface area contributed by atoms with Gasteiger partial charge in [-0.25, -0.2) is 0 Å². The third kappa shape index (κ3) is 2.62. The highest BCUT2D eigenvalue weighted by molar-refractivity contribution is 5.13. The first-order valence-corrected chi connectivity index (χ1v) is 7.57. The Balaban J connectivity index is 1.66. The monoisotopic (exact) mass is 276 g/mol. The van der Waals surface area contributed by atoms with Gasteiger partial charge in [0.05, 0.1) is 18.3 Å². The van der Waals surface area contributed by atoms with Gasteiger partial charge in [0, 0.05) is 20.0 Å². The molecule has 3 rings (SSSR count). The number of methoxy groups -OCH3 is 1. The van der Waals surface area contributed by atoms with Crippen LogP contribution in [0.4, 0.5) is 0 Å². The van der Waals surface area contributed by atoms with E-state index >= 15 is 0 Å². The van der Waals surface area contributed by atoms with Gasteiger partial charge in [0.2, 0.25) is 0 Å². The van der Waals surface area contributed by atoms with Gasteiger partial charge in [-0.15, -0.1) is 0 Å². The van der Waals surface area contributed by atoms with Crippen molar-refractivity contribution < 1.29 is 14.2 Å². The van der Waals surface area contributed by atoms with Gasteiger partial charge in [0.25, 0.3) is 0 Å². The van der Waals surface area contributed by atoms with Crippen molar-refractivity contribution in [1.82, 2.24) is 0 Å². The molecule has 0 saturated carbocycles. The molecule has 1 aromatic rings. The maximum atomic E-state index is 6.30. The highest BCUT2D eigenvalue weighted by Crippen LogP contribution is 2.47. The van der Waals surface area contributed by atoms with Crippen LogP contribution in [0.15, 0.2) is 30.3 Å². The lowest BCUT2D eigenvalue weighted by atomic mass is 9.79. The van der Waals surface area contributed by atoms with Gasteiger partial charge in [-0.3, -0.25) is 0 Å². The number of ether oxygens (including phenoxy) is 3. The lowest BCUT2D eigenvalue weighted by molar-refractivity contribution is -0.349. The third-order valence-electron chi connectivity index (χ3n) is 4.78. The number of benzene rings is 1. The summed E-state index contributed by atoms with van der Waals surface area (Å²) in [7, 11) is 1.76. The molecule has 110 valence electrons. The second kappa shape index (κ2) is 5.47. The van der Waals surface area contributed by atoms with Crippen molar-refractivity contribution in [2.75, 3.05) is 7.11 Å². The molecule has 2 fully saturated rings. The largest absolute Gasteiger partial charge is 0.371 e. The topological polar surface area (TPSA) is 27.7 Å². The van der Waals surface area contributed by atoms with E-state index in [0.29, 0.717) is 6.61 Å². The highest BCUT2D eigenvalue weighted by atomic mass is 16.7. The Hall–Kier alpha value is -0.900. The van der Waals surface area contributed by atoms with Crippen LogP contribution in [0.3, 0.4) is 0 Å². The van der Waals surface area contributed by atoms with E-state index in [-0.39, 0.29) is 17.5 Å². The molecule has 1 aromatic carbocycles. The molecule has 0 radical (unpaired) electrons. The van der Waals surface area contributed by atoms with Gasteiger partial charge in [0.1, 0.15) is 0 Å². The zero-order chi connectivity index (χ0) is 14.1. The first-order chi connectivity index (χ1) is 9.66. The molecule has 2 heterocycles. The molecule has 3 heteroatoms. The second-order valence-corrected chi connectivity index (χ2v) is 6.21. The van der Waals surface area contributed by atoms with E-state index in [0.717, 1.165) is 32.1 Å². The molecule has 3 unspecified atom stereocenters. The molecule has 2 bridgehead atoms. The fourth-order valence-electron chi connectivity index (χ4n) is 3.57. The number of fused-ring (bicyclic) bond motifs is 2. The van der Waals surface area contributed by atoms with Crippen molar-refractivity contribution in [3.8, 4) is 0 Å². The number of rotatable bonds is 4. The summed E-state index contributed by atoms with van der Waals surface area (Å²) < 4.78 is 18.1. The summed E-state index contributed by atoms with van der Waals surface area (Å²) in [6, 6.07) is 10.3. The van der Waals surface area contributed by atoms with E-state index in [1.54, 1.807) is 7.11 Å². The Morgan fingerprint density at radius 3 is 2.75 bits per heavy atom. The molecule has 20 heavy (non-hydrogen) atoms. The van der Waals surface area contributed by atoms with E-state index < -0.39 is 0 Å². The fourth-order valence-corrected chi connectivity index (χ4v) is 3.57. The normalized spacial score (nSPS) is 36.8. The van der Waals surface area contributed by atoms with Crippen molar-refractivity contribution >= 4 is 0 Å². The molecule has 0 aliphatic carbocycles. The predicted octanol–water partition coefficient (Wildman–Crippen LogP) is 3.67. The molecular weight excluding hydrogens is 252 g/mol. The van der Waals surface area contributed by atoms with E-state index in [2.05, 4.69) is 19.1 Å². The summed E-state index contributed by atoms with van der Waals surface area (Å²) >= 11 is 0. The van der Waals surface area contributed by atoms with Gasteiger partial charge in [-0.05, 0) is 31.7 Å². The van der Waals surface area contributed by atoms with Crippen LogP contribution in [-0.4, -0.2) is 24.6 Å². The lowest BCUT2D eigenvalue weighted by Crippen LogP contribution is -2.59. The standard InChI is InChI=1S/C17H24O3/c1-16-10-6-11-17(18-2,20-16)12-9-15(16)19-13-14-7-4-3-5-8-14/h3-5,7-8,15H,6,9-13H2,1-2H3. The second-order valence-electron chi connectivity index (χ2n) is 6.21. The maximum absolute atomic E-state index is 6.30. The molecule has 2 aliphatic rings. The van der Waals surface area contributed by atoms with Crippen LogP contribution in [0.25, 0.3) is 0 Å². The van der Waals surface area contributed by atoms with E-state index in [1.807, 2.05) is 18.2 Å². The molecule has 0 amide bonds. The molecule has 2 saturated heterocycles. The Morgan fingerprint density at radius 1 is 1.20 bits per heavy atom. The fraction of sp³-hybridized carbons (Fsp3) is 0.647. The van der Waals surface area contributed by atoms with E-state index in [4.69, 9.17) is 14.2 Å². The third-order valence-corrected chi connectivity index (χ3v) is 4.78. The molecular formula is C17H24O3. The average Bonchev–Trinajstić information content (AvgIpc) is 2.47. The number of hydrogen-bond acceptors (Lipinski definition) is 3. The Kier molecular flexibility index (Phi) is 3.85. The molecule has 0 spiro atoms. The molecule has 3 atom stereocenters. The van der Waals surface area contributed by atoms with Crippen LogP contribution in [-0.2, 0) is 20.8 Å². The summed E-state index contributed by atoms with van der Waals surface area (Å²) in [4.78, 5) is 0. The van der Waals surface area contributed by atoms with Gasteiger partial charge in [0.15, 0.2) is 5.79 Å². The van der Waals surface area contributed by atoms with Crippen molar-refractivity contribution in [2.24, 2.45) is 0 Å². The number of hydrogen-bond donors (Lipinski definition) is 0. The minimum Gasteiger partial charge on any atom is -0.371 e. The Labute approximate surface area is 121 Å². The van der Waals surface area contributed by atoms with Gasteiger partial charge in [-0.1, -0.05) is 30.3 Å². The summed E-state index contributed by atoms with van der Waals surface area (Å²) in [6.07, 6.45) is 5.30. The first kappa shape index (κ1) is 14.1. The molecule has 2 aliphatic heterocycles.